The summed E-state index contributed by atoms with van der Waals surface area (Å²) in [7, 11) is 0. The fraction of sp³-hybridized carbons (Fsp3) is 0.160. The summed E-state index contributed by atoms with van der Waals surface area (Å²) in [5, 5.41) is 21.9. The Morgan fingerprint density at radius 3 is 2.68 bits per heavy atom. The monoisotopic (exact) mass is 454 g/mol. The maximum atomic E-state index is 12.8. The van der Waals surface area contributed by atoms with Crippen LogP contribution >= 0.6 is 0 Å². The van der Waals surface area contributed by atoms with Crippen molar-refractivity contribution in [2.75, 3.05) is 16.8 Å². The van der Waals surface area contributed by atoms with Gasteiger partial charge in [0.25, 0.3) is 11.6 Å². The molecular formula is C25H22N6O3. The number of nitrogens with one attached hydrogen (secondary N) is 1. The molecule has 34 heavy (non-hydrogen) atoms. The zero-order valence-electron chi connectivity index (χ0n) is 18.5. The normalized spacial score (nSPS) is 12.4. The van der Waals surface area contributed by atoms with Crippen LogP contribution in [0.25, 0.3) is 5.69 Å². The number of hydrogen-bond acceptors (Lipinski definition) is 6. The number of para-hydroxylation sites is 1. The third-order valence-corrected chi connectivity index (χ3v) is 5.96. The maximum absolute atomic E-state index is 12.8. The fourth-order valence-corrected chi connectivity index (χ4v) is 4.20. The first kappa shape index (κ1) is 21.3. The van der Waals surface area contributed by atoms with E-state index in [1.54, 1.807) is 19.1 Å². The number of rotatable bonds is 6. The standard InChI is InChI=1S/C25H22N6O3/c1-17-24(27-28-30(17)21-6-4-7-22(15-21)31(33)34)25(32)26-20-11-9-18(10-12-20)16-29-14-13-19-5-2-3-8-23(19)29/h2-12,15H,13-14,16H2,1H3,(H,26,32). The van der Waals surface area contributed by atoms with Crippen molar-refractivity contribution in [3.63, 3.8) is 0 Å². The largest absolute Gasteiger partial charge is 0.367 e. The minimum absolute atomic E-state index is 0.0593. The number of non-ortho nitro benzene ring substituents is 1. The molecule has 4 aromatic rings. The van der Waals surface area contributed by atoms with Crippen molar-refractivity contribution < 1.29 is 9.72 Å². The lowest BCUT2D eigenvalue weighted by molar-refractivity contribution is -0.384. The molecule has 1 aliphatic rings. The predicted octanol–water partition coefficient (Wildman–Crippen LogP) is 4.30. The van der Waals surface area contributed by atoms with E-state index >= 15 is 0 Å². The summed E-state index contributed by atoms with van der Waals surface area (Å²) in [5.41, 5.74) is 5.51. The number of benzene rings is 3. The molecule has 0 spiro atoms. The van der Waals surface area contributed by atoms with Gasteiger partial charge in [0.15, 0.2) is 5.69 Å². The summed E-state index contributed by atoms with van der Waals surface area (Å²) >= 11 is 0. The van der Waals surface area contributed by atoms with Gasteiger partial charge in [0, 0.05) is 36.6 Å². The Balaban J connectivity index is 1.27. The highest BCUT2D eigenvalue weighted by molar-refractivity contribution is 6.03. The highest BCUT2D eigenvalue weighted by Gasteiger charge is 2.20. The smallest absolute Gasteiger partial charge is 0.278 e. The molecule has 0 saturated carbocycles. The zero-order chi connectivity index (χ0) is 23.7. The Bertz CT molecular complexity index is 1380. The summed E-state index contributed by atoms with van der Waals surface area (Å²) < 4.78 is 1.42. The summed E-state index contributed by atoms with van der Waals surface area (Å²) in [6.45, 7) is 3.50. The maximum Gasteiger partial charge on any atom is 0.278 e. The molecule has 1 N–H and O–H groups in total. The van der Waals surface area contributed by atoms with Crippen LogP contribution in [0.15, 0.2) is 72.8 Å². The zero-order valence-corrected chi connectivity index (χ0v) is 18.5. The molecule has 0 aliphatic carbocycles. The first-order valence-corrected chi connectivity index (χ1v) is 10.9. The lowest BCUT2D eigenvalue weighted by Gasteiger charge is -2.19. The Hall–Kier alpha value is -4.53. The minimum atomic E-state index is -0.477. The van der Waals surface area contributed by atoms with Gasteiger partial charge in [-0.1, -0.05) is 41.6 Å². The van der Waals surface area contributed by atoms with E-state index in [1.165, 1.54) is 28.1 Å². The van der Waals surface area contributed by atoms with Crippen LogP contribution in [-0.2, 0) is 13.0 Å². The van der Waals surface area contributed by atoms with Crippen molar-refractivity contribution in [1.82, 2.24) is 15.0 Å². The lowest BCUT2D eigenvalue weighted by Crippen LogP contribution is -2.19. The van der Waals surface area contributed by atoms with Crippen molar-refractivity contribution in [2.24, 2.45) is 0 Å². The molecule has 1 aromatic heterocycles. The molecule has 0 fully saturated rings. The number of fused-ring (bicyclic) bond motifs is 1. The van der Waals surface area contributed by atoms with E-state index < -0.39 is 10.8 Å². The first-order chi connectivity index (χ1) is 16.5. The van der Waals surface area contributed by atoms with Gasteiger partial charge in [-0.2, -0.15) is 0 Å². The average molecular weight is 454 g/mol. The van der Waals surface area contributed by atoms with Gasteiger partial charge in [-0.05, 0) is 48.7 Å². The molecule has 3 aromatic carbocycles. The molecule has 1 amide bonds. The van der Waals surface area contributed by atoms with Gasteiger partial charge in [-0.3, -0.25) is 14.9 Å². The molecule has 5 rings (SSSR count). The minimum Gasteiger partial charge on any atom is -0.367 e. The van der Waals surface area contributed by atoms with E-state index in [4.69, 9.17) is 0 Å². The predicted molar refractivity (Wildman–Crippen MR) is 128 cm³/mol. The molecule has 170 valence electrons. The molecule has 2 heterocycles. The number of amides is 1. The summed E-state index contributed by atoms with van der Waals surface area (Å²) in [6, 6.07) is 22.2. The third kappa shape index (κ3) is 4.11. The Morgan fingerprint density at radius 2 is 1.88 bits per heavy atom. The number of anilines is 2. The molecule has 0 unspecified atom stereocenters. The number of aromatic nitrogens is 3. The van der Waals surface area contributed by atoms with E-state index in [0.717, 1.165) is 25.1 Å². The molecule has 1 aliphatic heterocycles. The second kappa shape index (κ2) is 8.78. The van der Waals surface area contributed by atoms with Crippen LogP contribution < -0.4 is 10.2 Å². The average Bonchev–Trinajstić information content (AvgIpc) is 3.44. The summed E-state index contributed by atoms with van der Waals surface area (Å²) in [4.78, 5) is 25.7. The van der Waals surface area contributed by atoms with Crippen molar-refractivity contribution in [3.05, 3.63) is 105 Å². The number of carbonyl (C=O) groups is 1. The van der Waals surface area contributed by atoms with Gasteiger partial charge >= 0.3 is 0 Å². The molecule has 9 heteroatoms. The highest BCUT2D eigenvalue weighted by Crippen LogP contribution is 2.29. The van der Waals surface area contributed by atoms with Crippen LogP contribution in [0.3, 0.4) is 0 Å². The highest BCUT2D eigenvalue weighted by atomic mass is 16.6. The van der Waals surface area contributed by atoms with Crippen LogP contribution in [0.5, 0.6) is 0 Å². The van der Waals surface area contributed by atoms with Gasteiger partial charge in [-0.25, -0.2) is 4.68 Å². The number of nitrogens with zero attached hydrogens (tertiary/aromatic N) is 5. The SMILES string of the molecule is Cc1c(C(=O)Nc2ccc(CN3CCc4ccccc43)cc2)nnn1-c1cccc([N+](=O)[O-])c1. The Kier molecular flexibility index (Phi) is 5.51. The van der Waals surface area contributed by atoms with E-state index in [9.17, 15) is 14.9 Å². The van der Waals surface area contributed by atoms with E-state index in [1.807, 2.05) is 24.3 Å². The number of hydrogen-bond donors (Lipinski definition) is 1. The van der Waals surface area contributed by atoms with Crippen LogP contribution in [0, 0.1) is 17.0 Å². The van der Waals surface area contributed by atoms with Crippen LogP contribution in [0.4, 0.5) is 17.1 Å². The van der Waals surface area contributed by atoms with Gasteiger partial charge in [0.2, 0.25) is 0 Å². The second-order valence-electron chi connectivity index (χ2n) is 8.16. The van der Waals surface area contributed by atoms with Crippen LogP contribution in [-0.4, -0.2) is 32.4 Å². The number of nitro groups is 1. The molecular weight excluding hydrogens is 432 g/mol. The van der Waals surface area contributed by atoms with Gasteiger partial charge in [-0.15, -0.1) is 5.10 Å². The van der Waals surface area contributed by atoms with Crippen molar-refractivity contribution in [2.45, 2.75) is 19.9 Å². The van der Waals surface area contributed by atoms with Gasteiger partial charge < -0.3 is 10.2 Å². The third-order valence-electron chi connectivity index (χ3n) is 5.96. The molecule has 0 radical (unpaired) electrons. The van der Waals surface area contributed by atoms with E-state index in [2.05, 4.69) is 44.8 Å². The van der Waals surface area contributed by atoms with Crippen molar-refractivity contribution in [3.8, 4) is 5.69 Å². The summed E-state index contributed by atoms with van der Waals surface area (Å²) in [5.74, 6) is -0.393. The molecule has 0 saturated heterocycles. The quantitative estimate of drug-likeness (QED) is 0.344. The molecule has 0 atom stereocenters. The van der Waals surface area contributed by atoms with E-state index in [0.29, 0.717) is 17.1 Å². The van der Waals surface area contributed by atoms with Crippen LogP contribution in [0.2, 0.25) is 0 Å². The van der Waals surface area contributed by atoms with Crippen LogP contribution in [0.1, 0.15) is 27.3 Å². The first-order valence-electron chi connectivity index (χ1n) is 10.9. The molecule has 0 bridgehead atoms. The Labute approximate surface area is 195 Å². The van der Waals surface area contributed by atoms with Gasteiger partial charge in [0.1, 0.15) is 0 Å². The molecule has 9 nitrogen and oxygen atoms in total. The fourth-order valence-electron chi connectivity index (χ4n) is 4.20. The van der Waals surface area contributed by atoms with Crippen molar-refractivity contribution in [1.29, 1.82) is 0 Å². The lowest BCUT2D eigenvalue weighted by atomic mass is 10.1. The number of nitro benzene ring substituents is 1. The second-order valence-corrected chi connectivity index (χ2v) is 8.16. The number of carbonyl (C=O) groups excluding carboxylic acids is 1. The van der Waals surface area contributed by atoms with Gasteiger partial charge in [0.05, 0.1) is 16.3 Å². The Morgan fingerprint density at radius 1 is 1.09 bits per heavy atom. The van der Waals surface area contributed by atoms with E-state index in [-0.39, 0.29) is 11.4 Å². The summed E-state index contributed by atoms with van der Waals surface area (Å²) in [6.07, 6.45) is 1.06. The topological polar surface area (TPSA) is 106 Å². The van der Waals surface area contributed by atoms with Crippen molar-refractivity contribution >= 4 is 23.0 Å².